The van der Waals surface area contributed by atoms with E-state index < -0.39 is 0 Å². The predicted octanol–water partition coefficient (Wildman–Crippen LogP) is 0.945. The third-order valence-electron chi connectivity index (χ3n) is 3.07. The molecule has 0 aromatic carbocycles. The first-order valence-electron chi connectivity index (χ1n) is 6.69. The summed E-state index contributed by atoms with van der Waals surface area (Å²) in [6, 6.07) is 6.00. The predicted molar refractivity (Wildman–Crippen MR) is 71.9 cm³/mol. The number of hydrogen-bond acceptors (Lipinski definition) is 5. The number of hydrogen-bond donors (Lipinski definition) is 0. The van der Waals surface area contributed by atoms with Crippen molar-refractivity contribution in [3.63, 3.8) is 0 Å². The van der Waals surface area contributed by atoms with Crippen LogP contribution in [-0.2, 0) is 20.8 Å². The van der Waals surface area contributed by atoms with E-state index in [-0.39, 0.29) is 6.10 Å². The first-order chi connectivity index (χ1) is 9.38. The fraction of sp³-hybridized carbons (Fsp3) is 0.643. The standard InChI is InChI=1S/C14H22N2O3/c1-17-8-9-19-14-11-16(6-7-18-12-14)10-13-4-2-3-5-15-13/h2-5,14H,6-12H2,1H3. The number of pyridine rings is 1. The number of nitrogens with zero attached hydrogens (tertiary/aromatic N) is 2. The summed E-state index contributed by atoms with van der Waals surface area (Å²) in [7, 11) is 1.68. The molecule has 0 radical (unpaired) electrons. The molecular formula is C14H22N2O3. The molecule has 1 aliphatic rings. The lowest BCUT2D eigenvalue weighted by Gasteiger charge is -2.23. The highest BCUT2D eigenvalue weighted by Gasteiger charge is 2.19. The van der Waals surface area contributed by atoms with E-state index in [2.05, 4.69) is 9.88 Å². The first kappa shape index (κ1) is 14.4. The Balaban J connectivity index is 1.82. The van der Waals surface area contributed by atoms with Crippen LogP contribution in [0.4, 0.5) is 0 Å². The molecule has 1 aliphatic heterocycles. The van der Waals surface area contributed by atoms with Crippen LogP contribution in [0.5, 0.6) is 0 Å². The monoisotopic (exact) mass is 266 g/mol. The van der Waals surface area contributed by atoms with Crippen LogP contribution in [0, 0.1) is 0 Å². The maximum absolute atomic E-state index is 5.76. The third kappa shape index (κ3) is 5.24. The first-order valence-corrected chi connectivity index (χ1v) is 6.69. The van der Waals surface area contributed by atoms with E-state index >= 15 is 0 Å². The van der Waals surface area contributed by atoms with Gasteiger partial charge in [0, 0.05) is 32.9 Å². The largest absolute Gasteiger partial charge is 0.382 e. The van der Waals surface area contributed by atoms with Gasteiger partial charge in [0.15, 0.2) is 0 Å². The topological polar surface area (TPSA) is 43.8 Å². The van der Waals surface area contributed by atoms with E-state index in [1.165, 1.54) is 0 Å². The molecule has 0 spiro atoms. The van der Waals surface area contributed by atoms with Gasteiger partial charge >= 0.3 is 0 Å². The highest BCUT2D eigenvalue weighted by atomic mass is 16.5. The van der Waals surface area contributed by atoms with Crippen LogP contribution in [0.3, 0.4) is 0 Å². The smallest absolute Gasteiger partial charge is 0.0936 e. The molecule has 1 atom stereocenters. The Morgan fingerprint density at radius 1 is 1.42 bits per heavy atom. The molecule has 2 rings (SSSR count). The van der Waals surface area contributed by atoms with E-state index in [4.69, 9.17) is 14.2 Å². The van der Waals surface area contributed by atoms with Crippen LogP contribution in [0.15, 0.2) is 24.4 Å². The molecule has 0 bridgehead atoms. The lowest BCUT2D eigenvalue weighted by Crippen LogP contribution is -2.34. The molecule has 1 fully saturated rings. The zero-order valence-electron chi connectivity index (χ0n) is 11.5. The van der Waals surface area contributed by atoms with Crippen molar-refractivity contribution in [3.05, 3.63) is 30.1 Å². The van der Waals surface area contributed by atoms with Crippen molar-refractivity contribution in [3.8, 4) is 0 Å². The summed E-state index contributed by atoms with van der Waals surface area (Å²) >= 11 is 0. The minimum Gasteiger partial charge on any atom is -0.382 e. The summed E-state index contributed by atoms with van der Waals surface area (Å²) in [5.74, 6) is 0. The van der Waals surface area contributed by atoms with Gasteiger partial charge in [-0.2, -0.15) is 0 Å². The van der Waals surface area contributed by atoms with Crippen molar-refractivity contribution >= 4 is 0 Å². The minimum atomic E-state index is 0.112. The van der Waals surface area contributed by atoms with E-state index in [1.807, 2.05) is 24.4 Å². The lowest BCUT2D eigenvalue weighted by atomic mass is 10.3. The minimum absolute atomic E-state index is 0.112. The van der Waals surface area contributed by atoms with Crippen LogP contribution in [0.2, 0.25) is 0 Å². The van der Waals surface area contributed by atoms with Gasteiger partial charge in [-0.15, -0.1) is 0 Å². The third-order valence-corrected chi connectivity index (χ3v) is 3.07. The van der Waals surface area contributed by atoms with Crippen molar-refractivity contribution < 1.29 is 14.2 Å². The normalized spacial score (nSPS) is 21.2. The zero-order chi connectivity index (χ0) is 13.3. The maximum atomic E-state index is 5.76. The Morgan fingerprint density at radius 2 is 2.37 bits per heavy atom. The maximum Gasteiger partial charge on any atom is 0.0936 e. The molecule has 5 nitrogen and oxygen atoms in total. The molecule has 1 saturated heterocycles. The van der Waals surface area contributed by atoms with Crippen LogP contribution < -0.4 is 0 Å². The molecule has 19 heavy (non-hydrogen) atoms. The van der Waals surface area contributed by atoms with Crippen molar-refractivity contribution in [1.82, 2.24) is 9.88 Å². The molecule has 2 heterocycles. The summed E-state index contributed by atoms with van der Waals surface area (Å²) in [6.07, 6.45) is 1.94. The highest BCUT2D eigenvalue weighted by molar-refractivity contribution is 5.03. The van der Waals surface area contributed by atoms with Gasteiger partial charge in [0.25, 0.3) is 0 Å². The number of ether oxygens (including phenoxy) is 3. The quantitative estimate of drug-likeness (QED) is 0.717. The van der Waals surface area contributed by atoms with E-state index in [0.717, 1.165) is 31.9 Å². The number of rotatable bonds is 6. The van der Waals surface area contributed by atoms with Crippen molar-refractivity contribution in [2.75, 3.05) is 46.6 Å². The van der Waals surface area contributed by atoms with Crippen molar-refractivity contribution in [1.29, 1.82) is 0 Å². The lowest BCUT2D eigenvalue weighted by molar-refractivity contribution is -0.0251. The SMILES string of the molecule is COCCOC1COCCN(Cc2ccccn2)C1. The molecule has 1 aromatic rings. The second kappa shape index (κ2) is 8.22. The summed E-state index contributed by atoms with van der Waals surface area (Å²) in [5, 5.41) is 0. The molecule has 1 aromatic heterocycles. The Morgan fingerprint density at radius 3 is 3.16 bits per heavy atom. The molecular weight excluding hydrogens is 244 g/mol. The molecule has 1 unspecified atom stereocenters. The highest BCUT2D eigenvalue weighted by Crippen LogP contribution is 2.08. The van der Waals surface area contributed by atoms with E-state index in [1.54, 1.807) is 7.11 Å². The fourth-order valence-electron chi connectivity index (χ4n) is 2.10. The number of aromatic nitrogens is 1. The average Bonchev–Trinajstić information content (AvgIpc) is 2.66. The van der Waals surface area contributed by atoms with Gasteiger partial charge in [0.2, 0.25) is 0 Å². The van der Waals surface area contributed by atoms with Gasteiger partial charge in [-0.1, -0.05) is 6.07 Å². The molecule has 0 N–H and O–H groups in total. The number of methoxy groups -OCH3 is 1. The Labute approximate surface area is 114 Å². The fourth-order valence-corrected chi connectivity index (χ4v) is 2.10. The van der Waals surface area contributed by atoms with Gasteiger partial charge in [0.05, 0.1) is 38.2 Å². The van der Waals surface area contributed by atoms with Crippen molar-refractivity contribution in [2.24, 2.45) is 0 Å². The van der Waals surface area contributed by atoms with Crippen molar-refractivity contribution in [2.45, 2.75) is 12.6 Å². The van der Waals surface area contributed by atoms with E-state index in [0.29, 0.717) is 19.8 Å². The Hall–Kier alpha value is -1.01. The van der Waals surface area contributed by atoms with Gasteiger partial charge in [-0.05, 0) is 12.1 Å². The summed E-state index contributed by atoms with van der Waals surface area (Å²) in [4.78, 5) is 6.69. The molecule has 0 amide bonds. The zero-order valence-corrected chi connectivity index (χ0v) is 11.5. The van der Waals surface area contributed by atoms with Gasteiger partial charge in [-0.3, -0.25) is 9.88 Å². The Bertz CT molecular complexity index is 348. The second-order valence-corrected chi connectivity index (χ2v) is 4.62. The Kier molecular flexibility index (Phi) is 6.23. The molecule has 0 aliphatic carbocycles. The second-order valence-electron chi connectivity index (χ2n) is 4.62. The summed E-state index contributed by atoms with van der Waals surface area (Å²) < 4.78 is 16.3. The summed E-state index contributed by atoms with van der Waals surface area (Å²) in [6.45, 7) is 5.27. The molecule has 106 valence electrons. The van der Waals surface area contributed by atoms with Crippen LogP contribution >= 0.6 is 0 Å². The summed E-state index contributed by atoms with van der Waals surface area (Å²) in [5.41, 5.74) is 1.08. The van der Waals surface area contributed by atoms with Gasteiger partial charge in [0.1, 0.15) is 0 Å². The van der Waals surface area contributed by atoms with Gasteiger partial charge in [-0.25, -0.2) is 0 Å². The molecule has 0 saturated carbocycles. The molecule has 5 heteroatoms. The van der Waals surface area contributed by atoms with Crippen LogP contribution in [0.1, 0.15) is 5.69 Å². The van der Waals surface area contributed by atoms with E-state index in [9.17, 15) is 0 Å². The average molecular weight is 266 g/mol. The van der Waals surface area contributed by atoms with Crippen LogP contribution in [-0.4, -0.2) is 62.6 Å². The van der Waals surface area contributed by atoms with Crippen LogP contribution in [0.25, 0.3) is 0 Å². The van der Waals surface area contributed by atoms with Gasteiger partial charge < -0.3 is 14.2 Å².